The van der Waals surface area contributed by atoms with Crippen molar-refractivity contribution in [2.75, 3.05) is 24.1 Å². The first-order valence-corrected chi connectivity index (χ1v) is 13.9. The quantitative estimate of drug-likeness (QED) is 0.233. The maximum Gasteiger partial charge on any atom is 0.402 e. The number of nitrogens with two attached hydrogens (primary N) is 2. The third kappa shape index (κ3) is 7.97. The van der Waals surface area contributed by atoms with Crippen molar-refractivity contribution in [1.29, 1.82) is 0 Å². The monoisotopic (exact) mass is 573 g/mol. The van der Waals surface area contributed by atoms with Gasteiger partial charge in [-0.15, -0.1) is 5.10 Å². The highest BCUT2D eigenvalue weighted by Gasteiger charge is 2.23. The molecule has 2 aromatic heterocycles. The van der Waals surface area contributed by atoms with Crippen LogP contribution in [0.2, 0.25) is 0 Å². The molecule has 0 unspecified atom stereocenters. The molecule has 1 aliphatic rings. The van der Waals surface area contributed by atoms with Crippen molar-refractivity contribution in [1.82, 2.24) is 19.5 Å². The molecule has 11 heteroatoms. The van der Waals surface area contributed by atoms with Crippen LogP contribution in [0.5, 0.6) is 11.6 Å². The average molecular weight is 574 g/mol. The molecule has 5 rings (SSSR count). The summed E-state index contributed by atoms with van der Waals surface area (Å²) in [7, 11) is 0. The lowest BCUT2D eigenvalue weighted by Gasteiger charge is -2.28. The number of piperidine rings is 1. The Morgan fingerprint density at radius 1 is 1.05 bits per heavy atom. The van der Waals surface area contributed by atoms with Crippen molar-refractivity contribution < 1.29 is 19.4 Å². The van der Waals surface area contributed by atoms with Crippen LogP contribution in [-0.4, -0.2) is 49.7 Å². The highest BCUT2D eigenvalue weighted by atomic mass is 16.5. The molecular formula is C31H39N7O4. The summed E-state index contributed by atoms with van der Waals surface area (Å²) in [5.74, 6) is 1.23. The Labute approximate surface area is 245 Å². The topological polar surface area (TPSA) is 161 Å². The second-order valence-electron chi connectivity index (χ2n) is 11.5. The number of primary amides is 1. The lowest BCUT2D eigenvalue weighted by Crippen LogP contribution is -2.29. The van der Waals surface area contributed by atoms with Gasteiger partial charge in [-0.3, -0.25) is 9.69 Å². The molecule has 1 aliphatic heterocycles. The molecule has 0 saturated carbocycles. The average Bonchev–Trinajstić information content (AvgIpc) is 3.29. The van der Waals surface area contributed by atoms with Gasteiger partial charge in [-0.05, 0) is 73.2 Å². The third-order valence-electron chi connectivity index (χ3n) is 6.99. The molecule has 11 nitrogen and oxygen atoms in total. The summed E-state index contributed by atoms with van der Waals surface area (Å²) in [5, 5.41) is 14.7. The zero-order valence-corrected chi connectivity index (χ0v) is 24.6. The number of imidazole rings is 1. The fourth-order valence-electron chi connectivity index (χ4n) is 4.93. The first kappa shape index (κ1) is 30.3. The smallest absolute Gasteiger partial charge is 0.402 e. The number of aromatic nitrogens is 3. The van der Waals surface area contributed by atoms with Crippen molar-refractivity contribution in [2.45, 2.75) is 58.9 Å². The Hall–Kier alpha value is -4.64. The van der Waals surface area contributed by atoms with E-state index in [2.05, 4.69) is 58.9 Å². The Bertz CT molecular complexity index is 1570. The van der Waals surface area contributed by atoms with Crippen LogP contribution in [0.4, 0.5) is 16.3 Å². The summed E-state index contributed by atoms with van der Waals surface area (Å²) < 4.78 is 7.56. The van der Waals surface area contributed by atoms with Gasteiger partial charge in [-0.1, -0.05) is 45.4 Å². The minimum Gasteiger partial charge on any atom is -0.465 e. The molecule has 0 bridgehead atoms. The van der Waals surface area contributed by atoms with E-state index < -0.39 is 6.09 Å². The van der Waals surface area contributed by atoms with E-state index in [4.69, 9.17) is 20.4 Å². The largest absolute Gasteiger partial charge is 0.465 e. The highest BCUT2D eigenvalue weighted by Crippen LogP contribution is 2.30. The van der Waals surface area contributed by atoms with Crippen molar-refractivity contribution in [3.63, 3.8) is 0 Å². The van der Waals surface area contributed by atoms with Crippen LogP contribution in [0.15, 0.2) is 54.7 Å². The number of carboxylic acid groups (broad SMARTS) is 1. The van der Waals surface area contributed by atoms with Crippen LogP contribution >= 0.6 is 0 Å². The number of benzene rings is 2. The number of ether oxygens (including phenoxy) is 1. The van der Waals surface area contributed by atoms with Gasteiger partial charge in [0.15, 0.2) is 5.65 Å². The van der Waals surface area contributed by atoms with Gasteiger partial charge in [-0.2, -0.15) is 0 Å². The van der Waals surface area contributed by atoms with E-state index in [-0.39, 0.29) is 11.3 Å². The Morgan fingerprint density at radius 3 is 2.45 bits per heavy atom. The maximum atomic E-state index is 13.6. The van der Waals surface area contributed by atoms with Crippen molar-refractivity contribution in [3.05, 3.63) is 77.0 Å². The molecule has 42 heavy (non-hydrogen) atoms. The number of aryl methyl sites for hydroxylation is 1. The zero-order chi connectivity index (χ0) is 30.4. The summed E-state index contributed by atoms with van der Waals surface area (Å²) in [6, 6.07) is 15.4. The molecule has 2 amide bonds. The van der Waals surface area contributed by atoms with Gasteiger partial charge in [0, 0.05) is 29.9 Å². The summed E-state index contributed by atoms with van der Waals surface area (Å²) in [4.78, 5) is 29.0. The predicted octanol–water partition coefficient (Wildman–Crippen LogP) is 5.57. The molecule has 1 saturated heterocycles. The van der Waals surface area contributed by atoms with Crippen molar-refractivity contribution in [3.8, 4) is 11.6 Å². The van der Waals surface area contributed by atoms with Gasteiger partial charge < -0.3 is 26.6 Å². The number of fused-ring (bicyclic) bond motifs is 1. The summed E-state index contributed by atoms with van der Waals surface area (Å²) in [6.07, 6.45) is 4.14. The van der Waals surface area contributed by atoms with Crippen LogP contribution in [0.1, 0.15) is 67.1 Å². The number of hydrogen-bond donors (Lipinski definition) is 4. The third-order valence-corrected chi connectivity index (χ3v) is 6.99. The second-order valence-corrected chi connectivity index (χ2v) is 11.5. The fourth-order valence-corrected chi connectivity index (χ4v) is 4.93. The van der Waals surface area contributed by atoms with Gasteiger partial charge in [0.05, 0.1) is 6.20 Å². The van der Waals surface area contributed by atoms with E-state index in [1.165, 1.54) is 24.8 Å². The number of rotatable bonds is 6. The van der Waals surface area contributed by atoms with Crippen molar-refractivity contribution >= 4 is 29.2 Å². The van der Waals surface area contributed by atoms with E-state index in [1.807, 2.05) is 31.2 Å². The normalized spacial score (nSPS) is 13.7. The van der Waals surface area contributed by atoms with Gasteiger partial charge in [0.2, 0.25) is 5.88 Å². The molecule has 222 valence electrons. The second kappa shape index (κ2) is 12.9. The molecule has 3 heterocycles. The molecule has 0 radical (unpaired) electrons. The number of anilines is 2. The zero-order valence-electron chi connectivity index (χ0n) is 24.6. The van der Waals surface area contributed by atoms with Crippen LogP contribution < -0.4 is 21.5 Å². The van der Waals surface area contributed by atoms with Gasteiger partial charge >= 0.3 is 6.09 Å². The molecular weight excluding hydrogens is 534 g/mol. The number of nitrogen functional groups attached to an aromatic ring is 1. The lowest BCUT2D eigenvalue weighted by atomic mass is 9.82. The SMILES string of the molecule is Cc1ccc(Oc2ccc3nc(N)cn3n2)cc1NC(=O)c1ccc(CN2CCCCC2)cc1C(C)(C)C.NC(=O)O. The summed E-state index contributed by atoms with van der Waals surface area (Å²) in [6.45, 7) is 11.6. The number of carbonyl (C=O) groups excluding carboxylic acids is 1. The molecule has 4 aromatic rings. The Morgan fingerprint density at radius 2 is 1.76 bits per heavy atom. The van der Waals surface area contributed by atoms with Crippen molar-refractivity contribution in [2.24, 2.45) is 5.73 Å². The van der Waals surface area contributed by atoms with E-state index in [0.717, 1.165) is 30.8 Å². The predicted molar refractivity (Wildman–Crippen MR) is 163 cm³/mol. The minimum atomic E-state index is -1.33. The Kier molecular flexibility index (Phi) is 9.31. The molecule has 6 N–H and O–H groups in total. The van der Waals surface area contributed by atoms with Gasteiger partial charge in [0.25, 0.3) is 5.91 Å². The number of likely N-dealkylation sites (tertiary alicyclic amines) is 1. The minimum absolute atomic E-state index is 0.131. The van der Waals surface area contributed by atoms with E-state index in [0.29, 0.717) is 34.3 Å². The molecule has 1 fully saturated rings. The number of nitrogens with one attached hydrogen (secondary N) is 1. The van der Waals surface area contributed by atoms with E-state index >= 15 is 0 Å². The number of hydrogen-bond acceptors (Lipinski definition) is 7. The molecule has 2 aromatic carbocycles. The van der Waals surface area contributed by atoms with Crippen LogP contribution in [0, 0.1) is 6.92 Å². The number of nitrogens with zero attached hydrogens (tertiary/aromatic N) is 4. The van der Waals surface area contributed by atoms with Crippen LogP contribution in [0.25, 0.3) is 5.65 Å². The maximum absolute atomic E-state index is 13.6. The first-order valence-electron chi connectivity index (χ1n) is 13.9. The summed E-state index contributed by atoms with van der Waals surface area (Å²) >= 11 is 0. The number of carbonyl (C=O) groups is 2. The van der Waals surface area contributed by atoms with Gasteiger partial charge in [-0.25, -0.2) is 14.3 Å². The van der Waals surface area contributed by atoms with Crippen LogP contribution in [0.3, 0.4) is 0 Å². The van der Waals surface area contributed by atoms with Gasteiger partial charge in [0.1, 0.15) is 11.6 Å². The highest BCUT2D eigenvalue weighted by molar-refractivity contribution is 6.06. The first-order chi connectivity index (χ1) is 19.9. The molecule has 0 spiro atoms. The molecule has 0 atom stereocenters. The Balaban J connectivity index is 0.000000952. The number of amides is 2. The van der Waals surface area contributed by atoms with Crippen LogP contribution in [-0.2, 0) is 12.0 Å². The summed E-state index contributed by atoms with van der Waals surface area (Å²) in [5.41, 5.74) is 14.9. The standard InChI is InChI=1S/C30H36N6O2.CH3NO2/c1-20-8-10-22(38-28-13-12-27-33-26(31)19-36(27)34-28)17-25(20)32-29(37)23-11-9-21(16-24(23)30(2,3)4)18-35-14-6-5-7-15-35;2-1(3)4/h8-13,16-17,19H,5-7,14-15,18,31H2,1-4H3,(H,32,37);2H2,(H,3,4). The lowest BCUT2D eigenvalue weighted by molar-refractivity contribution is 0.102. The fraction of sp³-hybridized carbons (Fsp3) is 0.355. The molecule has 0 aliphatic carbocycles. The van der Waals surface area contributed by atoms with E-state index in [9.17, 15) is 4.79 Å². The van der Waals surface area contributed by atoms with E-state index in [1.54, 1.807) is 22.8 Å².